The van der Waals surface area contributed by atoms with E-state index in [0.29, 0.717) is 16.6 Å². The van der Waals surface area contributed by atoms with Gasteiger partial charge in [-0.2, -0.15) is 0 Å². The van der Waals surface area contributed by atoms with Crippen LogP contribution in [-0.4, -0.2) is 17.6 Å². The van der Waals surface area contributed by atoms with Crippen molar-refractivity contribution in [2.45, 2.75) is 32.2 Å². The average molecular weight is 316 g/mol. The average Bonchev–Trinajstić information content (AvgIpc) is 2.87. The van der Waals surface area contributed by atoms with E-state index in [1.54, 1.807) is 12.1 Å². The summed E-state index contributed by atoms with van der Waals surface area (Å²) in [6.07, 6.45) is 2.75. The quantitative estimate of drug-likeness (QED) is 0.858. The molecule has 1 aromatic rings. The minimum atomic E-state index is -0.678. The highest BCUT2D eigenvalue weighted by atomic mass is 35.5. The molecule has 3 unspecified atom stereocenters. The van der Waals surface area contributed by atoms with Crippen molar-refractivity contribution in [2.24, 2.45) is 11.8 Å². The van der Waals surface area contributed by atoms with Crippen molar-refractivity contribution in [3.8, 4) is 0 Å². The molecule has 0 aliphatic heterocycles. The zero-order chi connectivity index (χ0) is 14.7. The van der Waals surface area contributed by atoms with Crippen molar-refractivity contribution in [3.63, 3.8) is 0 Å². The van der Waals surface area contributed by atoms with E-state index in [0.717, 1.165) is 24.8 Å². The fourth-order valence-electron chi connectivity index (χ4n) is 2.89. The number of hydrogen-bond donors (Lipinski definition) is 2. The Kier molecular flexibility index (Phi) is 5.30. The molecule has 3 nitrogen and oxygen atoms in total. The Morgan fingerprint density at radius 2 is 2.20 bits per heavy atom. The predicted molar refractivity (Wildman–Crippen MR) is 81.3 cm³/mol. The predicted octanol–water partition coefficient (Wildman–Crippen LogP) is 4.14. The van der Waals surface area contributed by atoms with E-state index in [4.69, 9.17) is 23.2 Å². The van der Waals surface area contributed by atoms with Gasteiger partial charge in [0.1, 0.15) is 0 Å². The van der Waals surface area contributed by atoms with Crippen molar-refractivity contribution >= 4 is 29.2 Å². The Labute approximate surface area is 129 Å². The third-order valence-corrected chi connectivity index (χ3v) is 4.67. The van der Waals surface area contributed by atoms with Gasteiger partial charge in [0.05, 0.1) is 5.92 Å². The van der Waals surface area contributed by atoms with Crippen molar-refractivity contribution in [2.75, 3.05) is 6.54 Å². The number of hydrogen-bond acceptors (Lipinski definition) is 2. The van der Waals surface area contributed by atoms with Gasteiger partial charge in [-0.1, -0.05) is 29.6 Å². The van der Waals surface area contributed by atoms with Gasteiger partial charge in [0.15, 0.2) is 0 Å². The van der Waals surface area contributed by atoms with E-state index in [1.165, 1.54) is 0 Å². The minimum absolute atomic E-state index is 0.0521. The second-order valence-corrected chi connectivity index (χ2v) is 6.28. The number of halogens is 2. The molecule has 1 aliphatic rings. The van der Waals surface area contributed by atoms with Crippen LogP contribution in [0.15, 0.2) is 18.2 Å². The van der Waals surface area contributed by atoms with Crippen LogP contribution in [0.2, 0.25) is 10.0 Å². The van der Waals surface area contributed by atoms with Gasteiger partial charge in [-0.15, -0.1) is 0 Å². The van der Waals surface area contributed by atoms with Crippen LogP contribution >= 0.6 is 23.2 Å². The molecule has 0 amide bonds. The lowest BCUT2D eigenvalue weighted by atomic mass is 9.95. The SMILES string of the molecule is CC(NCC1CCCC1C(=O)O)c1cc(Cl)ccc1Cl. The fraction of sp³-hybridized carbons (Fsp3) is 0.533. The normalized spacial score (nSPS) is 23.8. The lowest BCUT2D eigenvalue weighted by molar-refractivity contribution is -0.142. The molecule has 1 aliphatic carbocycles. The molecule has 20 heavy (non-hydrogen) atoms. The van der Waals surface area contributed by atoms with Gasteiger partial charge in [0, 0.05) is 16.1 Å². The Morgan fingerprint density at radius 1 is 1.45 bits per heavy atom. The summed E-state index contributed by atoms with van der Waals surface area (Å²) in [6.45, 7) is 2.71. The van der Waals surface area contributed by atoms with Gasteiger partial charge < -0.3 is 10.4 Å². The van der Waals surface area contributed by atoms with Gasteiger partial charge in [-0.3, -0.25) is 4.79 Å². The summed E-state index contributed by atoms with van der Waals surface area (Å²) in [5.41, 5.74) is 0.948. The number of nitrogens with one attached hydrogen (secondary N) is 1. The topological polar surface area (TPSA) is 49.3 Å². The third kappa shape index (κ3) is 3.66. The first kappa shape index (κ1) is 15.6. The summed E-state index contributed by atoms with van der Waals surface area (Å²) >= 11 is 12.2. The van der Waals surface area contributed by atoms with Gasteiger partial charge in [0.25, 0.3) is 0 Å². The molecule has 2 rings (SSSR count). The number of aliphatic carboxylic acids is 1. The molecule has 110 valence electrons. The van der Waals surface area contributed by atoms with Crippen molar-refractivity contribution < 1.29 is 9.90 Å². The number of rotatable bonds is 5. The third-order valence-electron chi connectivity index (χ3n) is 4.09. The van der Waals surface area contributed by atoms with Crippen LogP contribution in [0.5, 0.6) is 0 Å². The highest BCUT2D eigenvalue weighted by molar-refractivity contribution is 6.33. The maximum Gasteiger partial charge on any atom is 0.306 e. The zero-order valence-corrected chi connectivity index (χ0v) is 12.9. The molecule has 1 fully saturated rings. The number of carbonyl (C=O) groups is 1. The molecule has 0 aromatic heterocycles. The van der Waals surface area contributed by atoms with Crippen LogP contribution < -0.4 is 5.32 Å². The summed E-state index contributed by atoms with van der Waals surface area (Å²) in [7, 11) is 0. The summed E-state index contributed by atoms with van der Waals surface area (Å²) in [5.74, 6) is -0.694. The Bertz CT molecular complexity index is 493. The molecule has 5 heteroatoms. The van der Waals surface area contributed by atoms with E-state index in [9.17, 15) is 9.90 Å². The maximum atomic E-state index is 11.2. The summed E-state index contributed by atoms with van der Waals surface area (Å²) in [5, 5.41) is 13.9. The van der Waals surface area contributed by atoms with Crippen molar-refractivity contribution in [3.05, 3.63) is 33.8 Å². The van der Waals surface area contributed by atoms with Crippen LogP contribution in [0, 0.1) is 11.8 Å². The van der Waals surface area contributed by atoms with E-state index >= 15 is 0 Å². The highest BCUT2D eigenvalue weighted by Gasteiger charge is 2.32. The van der Waals surface area contributed by atoms with Crippen LogP contribution in [0.3, 0.4) is 0 Å². The Balaban J connectivity index is 1.96. The standard InChI is InChI=1S/C15H19Cl2NO2/c1-9(13-7-11(16)5-6-14(13)17)18-8-10-3-2-4-12(10)15(19)20/h5-7,9-10,12,18H,2-4,8H2,1H3,(H,19,20). The smallest absolute Gasteiger partial charge is 0.306 e. The monoisotopic (exact) mass is 315 g/mol. The van der Waals surface area contributed by atoms with Crippen LogP contribution in [0.1, 0.15) is 37.8 Å². The van der Waals surface area contributed by atoms with Crippen LogP contribution in [0.25, 0.3) is 0 Å². The fourth-order valence-corrected chi connectivity index (χ4v) is 3.35. The molecule has 0 heterocycles. The first-order valence-corrected chi connectivity index (χ1v) is 7.65. The first-order chi connectivity index (χ1) is 9.49. The molecule has 3 atom stereocenters. The highest BCUT2D eigenvalue weighted by Crippen LogP contribution is 2.32. The molecule has 0 bridgehead atoms. The summed E-state index contributed by atoms with van der Waals surface area (Å²) in [6, 6.07) is 5.45. The summed E-state index contributed by atoms with van der Waals surface area (Å²) in [4.78, 5) is 11.2. The maximum absolute atomic E-state index is 11.2. The van der Waals surface area contributed by atoms with Crippen molar-refractivity contribution in [1.82, 2.24) is 5.32 Å². The lowest BCUT2D eigenvalue weighted by Crippen LogP contribution is -2.30. The molecule has 1 saturated carbocycles. The van der Waals surface area contributed by atoms with Crippen LogP contribution in [-0.2, 0) is 4.79 Å². The first-order valence-electron chi connectivity index (χ1n) is 6.90. The van der Waals surface area contributed by atoms with E-state index in [1.807, 2.05) is 13.0 Å². The van der Waals surface area contributed by atoms with Gasteiger partial charge in [0.2, 0.25) is 0 Å². The zero-order valence-electron chi connectivity index (χ0n) is 11.4. The molecule has 0 saturated heterocycles. The molecule has 0 spiro atoms. The largest absolute Gasteiger partial charge is 0.481 e. The second kappa shape index (κ2) is 6.79. The molecular weight excluding hydrogens is 297 g/mol. The van der Waals surface area contributed by atoms with E-state index in [2.05, 4.69) is 5.32 Å². The second-order valence-electron chi connectivity index (χ2n) is 5.43. The number of benzene rings is 1. The molecular formula is C15H19Cl2NO2. The summed E-state index contributed by atoms with van der Waals surface area (Å²) < 4.78 is 0. The molecule has 0 radical (unpaired) electrons. The minimum Gasteiger partial charge on any atom is -0.481 e. The number of carboxylic acids is 1. The molecule has 2 N–H and O–H groups in total. The van der Waals surface area contributed by atoms with E-state index < -0.39 is 5.97 Å². The lowest BCUT2D eigenvalue weighted by Gasteiger charge is -2.21. The van der Waals surface area contributed by atoms with Gasteiger partial charge >= 0.3 is 5.97 Å². The van der Waals surface area contributed by atoms with Gasteiger partial charge in [-0.25, -0.2) is 0 Å². The Hall–Kier alpha value is -0.770. The van der Waals surface area contributed by atoms with Gasteiger partial charge in [-0.05, 0) is 56.0 Å². The molecule has 1 aromatic carbocycles. The van der Waals surface area contributed by atoms with E-state index in [-0.39, 0.29) is 17.9 Å². The van der Waals surface area contributed by atoms with Crippen LogP contribution in [0.4, 0.5) is 0 Å². The Morgan fingerprint density at radius 3 is 2.90 bits per heavy atom. The van der Waals surface area contributed by atoms with Crippen molar-refractivity contribution in [1.29, 1.82) is 0 Å². The number of carboxylic acid groups (broad SMARTS) is 1.